The van der Waals surface area contributed by atoms with E-state index in [0.717, 1.165) is 5.56 Å². The molecular weight excluding hydrogens is 268 g/mol. The molecule has 0 unspecified atom stereocenters. The number of nitrogens with zero attached hydrogens (tertiary/aromatic N) is 1. The second-order valence-corrected chi connectivity index (χ2v) is 5.39. The van der Waals surface area contributed by atoms with Gasteiger partial charge in [-0.1, -0.05) is 19.9 Å². The summed E-state index contributed by atoms with van der Waals surface area (Å²) in [7, 11) is 0. The average molecular weight is 284 g/mol. The number of fused-ring (bicyclic) bond motifs is 2. The smallest absolute Gasteiger partial charge is 0.232 e. The van der Waals surface area contributed by atoms with Crippen molar-refractivity contribution >= 4 is 27.9 Å². The van der Waals surface area contributed by atoms with E-state index in [1.165, 1.54) is 0 Å². The summed E-state index contributed by atoms with van der Waals surface area (Å²) in [6.45, 7) is 3.87. The SMILES string of the molecule is CC(C)c1ccc2oc3nc(N)c(CO)cc3c(=O)c2c1. The second-order valence-electron chi connectivity index (χ2n) is 5.39. The van der Waals surface area contributed by atoms with Crippen LogP contribution in [0.15, 0.2) is 33.5 Å². The summed E-state index contributed by atoms with van der Waals surface area (Å²) < 4.78 is 5.67. The molecule has 5 nitrogen and oxygen atoms in total. The van der Waals surface area contributed by atoms with Crippen molar-refractivity contribution in [2.24, 2.45) is 0 Å². The quantitative estimate of drug-likeness (QED) is 0.706. The summed E-state index contributed by atoms with van der Waals surface area (Å²) in [5.74, 6) is 0.494. The van der Waals surface area contributed by atoms with E-state index in [2.05, 4.69) is 18.8 Å². The average Bonchev–Trinajstić information content (AvgIpc) is 2.46. The fraction of sp³-hybridized carbons (Fsp3) is 0.250. The highest BCUT2D eigenvalue weighted by Crippen LogP contribution is 2.24. The van der Waals surface area contributed by atoms with E-state index in [-0.39, 0.29) is 23.6 Å². The predicted molar refractivity (Wildman–Crippen MR) is 82.2 cm³/mol. The molecule has 2 heterocycles. The predicted octanol–water partition coefficient (Wildman–Crippen LogP) is 2.54. The minimum atomic E-state index is -0.266. The van der Waals surface area contributed by atoms with Crippen molar-refractivity contribution in [1.82, 2.24) is 4.98 Å². The van der Waals surface area contributed by atoms with Gasteiger partial charge in [0.1, 0.15) is 11.4 Å². The zero-order valence-corrected chi connectivity index (χ0v) is 11.9. The number of nitrogens with two attached hydrogens (primary N) is 1. The van der Waals surface area contributed by atoms with E-state index >= 15 is 0 Å². The maximum Gasteiger partial charge on any atom is 0.232 e. The molecule has 0 saturated heterocycles. The Kier molecular flexibility index (Phi) is 3.14. The maximum absolute atomic E-state index is 12.6. The fourth-order valence-electron chi connectivity index (χ4n) is 2.34. The lowest BCUT2D eigenvalue weighted by Crippen LogP contribution is -2.07. The minimum absolute atomic E-state index is 0.157. The number of aromatic nitrogens is 1. The molecule has 0 bridgehead atoms. The van der Waals surface area contributed by atoms with Crippen LogP contribution in [0, 0.1) is 0 Å². The number of pyridine rings is 1. The van der Waals surface area contributed by atoms with E-state index < -0.39 is 0 Å². The van der Waals surface area contributed by atoms with E-state index in [0.29, 0.717) is 27.8 Å². The number of aliphatic hydroxyl groups excluding tert-OH is 1. The molecule has 5 heteroatoms. The zero-order valence-electron chi connectivity index (χ0n) is 11.9. The Balaban J connectivity index is 2.41. The van der Waals surface area contributed by atoms with E-state index in [1.54, 1.807) is 12.1 Å². The molecule has 3 aromatic rings. The Bertz CT molecular complexity index is 897. The molecule has 0 saturated carbocycles. The monoisotopic (exact) mass is 284 g/mol. The van der Waals surface area contributed by atoms with Gasteiger partial charge in [-0.05, 0) is 29.7 Å². The number of hydrogen-bond acceptors (Lipinski definition) is 5. The molecule has 3 N–H and O–H groups in total. The molecule has 108 valence electrons. The van der Waals surface area contributed by atoms with Crippen LogP contribution in [0.25, 0.3) is 22.1 Å². The van der Waals surface area contributed by atoms with Gasteiger partial charge in [0, 0.05) is 5.56 Å². The molecule has 3 rings (SSSR count). The lowest BCUT2D eigenvalue weighted by molar-refractivity contribution is 0.282. The van der Waals surface area contributed by atoms with Crippen LogP contribution in [0.2, 0.25) is 0 Å². The summed E-state index contributed by atoms with van der Waals surface area (Å²) in [6, 6.07) is 7.11. The highest BCUT2D eigenvalue weighted by Gasteiger charge is 2.13. The summed E-state index contributed by atoms with van der Waals surface area (Å²) in [4.78, 5) is 16.7. The van der Waals surface area contributed by atoms with Gasteiger partial charge in [0.05, 0.1) is 17.4 Å². The Morgan fingerprint density at radius 2 is 2.05 bits per heavy atom. The molecule has 0 spiro atoms. The van der Waals surface area contributed by atoms with Gasteiger partial charge in [-0.2, -0.15) is 4.98 Å². The molecule has 21 heavy (non-hydrogen) atoms. The highest BCUT2D eigenvalue weighted by atomic mass is 16.3. The Morgan fingerprint density at radius 1 is 1.29 bits per heavy atom. The molecule has 0 fully saturated rings. The van der Waals surface area contributed by atoms with E-state index in [1.807, 2.05) is 12.1 Å². The molecule has 0 atom stereocenters. The van der Waals surface area contributed by atoms with Crippen LogP contribution in [-0.4, -0.2) is 10.1 Å². The summed E-state index contributed by atoms with van der Waals surface area (Å²) in [5.41, 5.74) is 7.74. The van der Waals surface area contributed by atoms with Crippen molar-refractivity contribution < 1.29 is 9.52 Å². The van der Waals surface area contributed by atoms with Gasteiger partial charge >= 0.3 is 0 Å². The molecule has 2 aromatic heterocycles. The maximum atomic E-state index is 12.6. The van der Waals surface area contributed by atoms with E-state index in [4.69, 9.17) is 10.2 Å². The summed E-state index contributed by atoms with van der Waals surface area (Å²) >= 11 is 0. The Labute approximate surface area is 121 Å². The lowest BCUT2D eigenvalue weighted by atomic mass is 10.0. The first-order valence-corrected chi connectivity index (χ1v) is 6.78. The van der Waals surface area contributed by atoms with Gasteiger partial charge < -0.3 is 15.3 Å². The van der Waals surface area contributed by atoms with Gasteiger partial charge in [0.2, 0.25) is 11.1 Å². The molecule has 0 amide bonds. The number of aliphatic hydroxyl groups is 1. The number of anilines is 1. The zero-order chi connectivity index (χ0) is 15.1. The van der Waals surface area contributed by atoms with Crippen LogP contribution < -0.4 is 11.2 Å². The van der Waals surface area contributed by atoms with Gasteiger partial charge in [0.25, 0.3) is 0 Å². The van der Waals surface area contributed by atoms with Crippen molar-refractivity contribution in [1.29, 1.82) is 0 Å². The molecule has 0 aliphatic carbocycles. The number of rotatable bonds is 2. The first-order chi connectivity index (χ1) is 10.0. The minimum Gasteiger partial charge on any atom is -0.437 e. The van der Waals surface area contributed by atoms with Crippen LogP contribution >= 0.6 is 0 Å². The second kappa shape index (κ2) is 4.86. The molecule has 0 aliphatic rings. The molecule has 0 radical (unpaired) electrons. The first kappa shape index (κ1) is 13.6. The highest BCUT2D eigenvalue weighted by molar-refractivity contribution is 5.89. The van der Waals surface area contributed by atoms with Gasteiger partial charge in [-0.15, -0.1) is 0 Å². The van der Waals surface area contributed by atoms with Crippen LogP contribution in [0.4, 0.5) is 5.82 Å². The van der Waals surface area contributed by atoms with Gasteiger partial charge in [-0.3, -0.25) is 4.79 Å². The Hall–Kier alpha value is -2.40. The third kappa shape index (κ3) is 2.15. The third-order valence-electron chi connectivity index (χ3n) is 3.64. The van der Waals surface area contributed by atoms with Crippen molar-refractivity contribution in [3.63, 3.8) is 0 Å². The lowest BCUT2D eigenvalue weighted by Gasteiger charge is -2.08. The molecule has 0 aliphatic heterocycles. The van der Waals surface area contributed by atoms with Crippen LogP contribution in [0.3, 0.4) is 0 Å². The van der Waals surface area contributed by atoms with Crippen molar-refractivity contribution in [3.8, 4) is 0 Å². The first-order valence-electron chi connectivity index (χ1n) is 6.78. The van der Waals surface area contributed by atoms with Crippen LogP contribution in [0.5, 0.6) is 0 Å². The van der Waals surface area contributed by atoms with Crippen molar-refractivity contribution in [2.45, 2.75) is 26.4 Å². The van der Waals surface area contributed by atoms with E-state index in [9.17, 15) is 9.90 Å². The topological polar surface area (TPSA) is 89.3 Å². The van der Waals surface area contributed by atoms with Crippen LogP contribution in [0.1, 0.15) is 30.9 Å². The summed E-state index contributed by atoms with van der Waals surface area (Å²) in [5, 5.41) is 10.1. The third-order valence-corrected chi connectivity index (χ3v) is 3.64. The van der Waals surface area contributed by atoms with Gasteiger partial charge in [-0.25, -0.2) is 0 Å². The number of benzene rings is 1. The number of nitrogen functional groups attached to an aromatic ring is 1. The van der Waals surface area contributed by atoms with Crippen molar-refractivity contribution in [3.05, 3.63) is 45.6 Å². The Morgan fingerprint density at radius 3 is 2.71 bits per heavy atom. The summed E-state index contributed by atoms with van der Waals surface area (Å²) in [6.07, 6.45) is 0. The van der Waals surface area contributed by atoms with Crippen molar-refractivity contribution in [2.75, 3.05) is 5.73 Å². The van der Waals surface area contributed by atoms with Crippen LogP contribution in [-0.2, 0) is 6.61 Å². The number of hydrogen-bond donors (Lipinski definition) is 2. The molecular formula is C16H16N2O3. The fourth-order valence-corrected chi connectivity index (χ4v) is 2.34. The standard InChI is InChI=1S/C16H16N2O3/c1-8(2)9-3-4-13-11(5-9)14(20)12-6-10(7-19)15(17)18-16(12)21-13/h3-6,8,19H,7H2,1-2H3,(H2,17,18). The largest absolute Gasteiger partial charge is 0.437 e. The normalized spacial score (nSPS) is 11.6. The molecule has 1 aromatic carbocycles. The van der Waals surface area contributed by atoms with Gasteiger partial charge in [0.15, 0.2) is 0 Å².